The lowest BCUT2D eigenvalue weighted by Crippen LogP contribution is -2.19. The maximum absolute atomic E-state index is 10.8. The van der Waals surface area contributed by atoms with Crippen molar-refractivity contribution < 1.29 is 9.53 Å². The predicted octanol–water partition coefficient (Wildman–Crippen LogP) is 2.03. The van der Waals surface area contributed by atoms with Gasteiger partial charge in [0.15, 0.2) is 0 Å². The van der Waals surface area contributed by atoms with E-state index in [9.17, 15) is 4.79 Å². The lowest BCUT2D eigenvalue weighted by Gasteiger charge is -2.04. The van der Waals surface area contributed by atoms with Crippen molar-refractivity contribution in [3.63, 3.8) is 0 Å². The minimum Gasteiger partial charge on any atom is -0.469 e. The zero-order valence-electron chi connectivity index (χ0n) is 9.50. The number of ether oxygens (including phenoxy) is 1. The molecular weight excluding hydrogens is 190 g/mol. The maximum atomic E-state index is 10.8. The van der Waals surface area contributed by atoms with Gasteiger partial charge in [-0.15, -0.1) is 0 Å². The Kier molecular flexibility index (Phi) is 6.09. The van der Waals surface area contributed by atoms with Gasteiger partial charge in [-0.25, -0.2) is 0 Å². The molecule has 1 aliphatic rings. The number of unbranched alkanes of at least 4 members (excludes halogenated alkanes) is 1. The first-order valence-electron chi connectivity index (χ1n) is 5.78. The van der Waals surface area contributed by atoms with Crippen molar-refractivity contribution in [2.24, 2.45) is 0 Å². The van der Waals surface area contributed by atoms with Gasteiger partial charge in [-0.05, 0) is 38.6 Å². The number of hydrogen-bond donors (Lipinski definition) is 1. The van der Waals surface area contributed by atoms with E-state index in [0.717, 1.165) is 19.3 Å². The molecule has 1 rings (SSSR count). The van der Waals surface area contributed by atoms with Crippen LogP contribution in [-0.4, -0.2) is 25.7 Å². The molecule has 0 aliphatic carbocycles. The molecule has 1 heterocycles. The summed E-state index contributed by atoms with van der Waals surface area (Å²) in [6.45, 7) is 1.17. The van der Waals surface area contributed by atoms with Gasteiger partial charge in [-0.3, -0.25) is 4.79 Å². The predicted molar refractivity (Wildman–Crippen MR) is 60.6 cm³/mol. The molecule has 0 amide bonds. The average Bonchev–Trinajstić information content (AvgIpc) is 2.75. The Morgan fingerprint density at radius 2 is 2.40 bits per heavy atom. The van der Waals surface area contributed by atoms with E-state index < -0.39 is 0 Å². The van der Waals surface area contributed by atoms with Gasteiger partial charge in [0, 0.05) is 12.5 Å². The third-order valence-electron chi connectivity index (χ3n) is 2.73. The van der Waals surface area contributed by atoms with E-state index >= 15 is 0 Å². The van der Waals surface area contributed by atoms with Crippen molar-refractivity contribution in [2.45, 2.75) is 44.6 Å². The van der Waals surface area contributed by atoms with E-state index in [1.165, 1.54) is 26.5 Å². The molecular formula is C12H21NO2. The fourth-order valence-electron chi connectivity index (χ4n) is 1.80. The molecule has 0 saturated carbocycles. The summed E-state index contributed by atoms with van der Waals surface area (Å²) in [7, 11) is 1.43. The molecule has 3 nitrogen and oxygen atoms in total. The van der Waals surface area contributed by atoms with Crippen molar-refractivity contribution in [3.8, 4) is 0 Å². The summed E-state index contributed by atoms with van der Waals surface area (Å²) in [5.74, 6) is -0.110. The van der Waals surface area contributed by atoms with Gasteiger partial charge < -0.3 is 10.1 Å². The first-order valence-corrected chi connectivity index (χ1v) is 5.78. The molecule has 0 bridgehead atoms. The van der Waals surface area contributed by atoms with Gasteiger partial charge in [0.2, 0.25) is 0 Å². The normalized spacial score (nSPS) is 21.0. The van der Waals surface area contributed by atoms with Crippen LogP contribution in [0.3, 0.4) is 0 Å². The monoisotopic (exact) mass is 211 g/mol. The van der Waals surface area contributed by atoms with Crippen LogP contribution in [0.15, 0.2) is 12.2 Å². The number of carbonyl (C=O) groups is 1. The average molecular weight is 211 g/mol. The van der Waals surface area contributed by atoms with Crippen molar-refractivity contribution >= 4 is 5.97 Å². The highest BCUT2D eigenvalue weighted by molar-refractivity contribution is 5.68. The molecule has 0 radical (unpaired) electrons. The zero-order valence-corrected chi connectivity index (χ0v) is 9.50. The Bertz CT molecular complexity index is 208. The number of allylic oxidation sites excluding steroid dienone is 1. The Hall–Kier alpha value is -0.830. The van der Waals surface area contributed by atoms with E-state index in [0.29, 0.717) is 12.5 Å². The lowest BCUT2D eigenvalue weighted by molar-refractivity contribution is -0.140. The quantitative estimate of drug-likeness (QED) is 0.415. The van der Waals surface area contributed by atoms with Crippen LogP contribution in [0.1, 0.15) is 38.5 Å². The lowest BCUT2D eigenvalue weighted by atomic mass is 10.1. The fraction of sp³-hybridized carbons (Fsp3) is 0.750. The number of carbonyl (C=O) groups excluding carboxylic acids is 1. The summed E-state index contributed by atoms with van der Waals surface area (Å²) in [4.78, 5) is 10.8. The van der Waals surface area contributed by atoms with Crippen LogP contribution in [0.5, 0.6) is 0 Å². The maximum Gasteiger partial charge on any atom is 0.305 e. The van der Waals surface area contributed by atoms with Crippen LogP contribution < -0.4 is 5.32 Å². The van der Waals surface area contributed by atoms with Crippen molar-refractivity contribution in [1.29, 1.82) is 0 Å². The van der Waals surface area contributed by atoms with E-state index in [2.05, 4.69) is 22.2 Å². The second-order valence-corrected chi connectivity index (χ2v) is 3.97. The number of methoxy groups -OCH3 is 1. The molecule has 0 unspecified atom stereocenters. The highest BCUT2D eigenvalue weighted by atomic mass is 16.5. The first-order chi connectivity index (χ1) is 7.33. The summed E-state index contributed by atoms with van der Waals surface area (Å²) < 4.78 is 4.57. The molecule has 0 aromatic heterocycles. The molecule has 0 aromatic rings. The molecule has 1 aliphatic heterocycles. The summed E-state index contributed by atoms with van der Waals surface area (Å²) in [5, 5.41) is 3.45. The smallest absolute Gasteiger partial charge is 0.305 e. The largest absolute Gasteiger partial charge is 0.469 e. The van der Waals surface area contributed by atoms with Crippen molar-refractivity contribution in [2.75, 3.05) is 13.7 Å². The Morgan fingerprint density at radius 1 is 1.53 bits per heavy atom. The van der Waals surface area contributed by atoms with Gasteiger partial charge in [0.05, 0.1) is 7.11 Å². The Balaban J connectivity index is 1.94. The van der Waals surface area contributed by atoms with E-state index in [1.807, 2.05) is 0 Å². The second-order valence-electron chi connectivity index (χ2n) is 3.97. The van der Waals surface area contributed by atoms with Crippen molar-refractivity contribution in [1.82, 2.24) is 5.32 Å². The van der Waals surface area contributed by atoms with Gasteiger partial charge in [-0.2, -0.15) is 0 Å². The van der Waals surface area contributed by atoms with Crippen LogP contribution in [0.4, 0.5) is 0 Å². The molecule has 0 spiro atoms. The fourth-order valence-corrected chi connectivity index (χ4v) is 1.80. The van der Waals surface area contributed by atoms with E-state index in [-0.39, 0.29) is 5.97 Å². The Morgan fingerprint density at radius 3 is 3.07 bits per heavy atom. The Labute approximate surface area is 91.9 Å². The number of esters is 1. The second kappa shape index (κ2) is 7.46. The molecule has 1 saturated heterocycles. The highest BCUT2D eigenvalue weighted by Gasteiger charge is 2.11. The van der Waals surface area contributed by atoms with Crippen LogP contribution in [0, 0.1) is 0 Å². The van der Waals surface area contributed by atoms with Crippen LogP contribution in [-0.2, 0) is 9.53 Å². The first kappa shape index (κ1) is 12.2. The summed E-state index contributed by atoms with van der Waals surface area (Å²) in [5.41, 5.74) is 0. The highest BCUT2D eigenvalue weighted by Crippen LogP contribution is 2.09. The molecule has 1 N–H and O–H groups in total. The van der Waals surface area contributed by atoms with Crippen LogP contribution >= 0.6 is 0 Å². The molecule has 86 valence electrons. The number of nitrogens with one attached hydrogen (secondary N) is 1. The third kappa shape index (κ3) is 5.57. The molecule has 3 heteroatoms. The molecule has 1 atom stereocenters. The summed E-state index contributed by atoms with van der Waals surface area (Å²) in [6.07, 6.45) is 10.5. The molecule has 15 heavy (non-hydrogen) atoms. The summed E-state index contributed by atoms with van der Waals surface area (Å²) >= 11 is 0. The summed E-state index contributed by atoms with van der Waals surface area (Å²) in [6, 6.07) is 0.682. The topological polar surface area (TPSA) is 38.3 Å². The van der Waals surface area contributed by atoms with Gasteiger partial charge in [-0.1, -0.05) is 12.2 Å². The number of rotatable bonds is 6. The third-order valence-corrected chi connectivity index (χ3v) is 2.73. The minimum absolute atomic E-state index is 0.110. The number of hydrogen-bond acceptors (Lipinski definition) is 3. The molecule has 0 aromatic carbocycles. The SMILES string of the molecule is COC(=O)CCC/C=C\C[C@H]1CCCN1. The van der Waals surface area contributed by atoms with Gasteiger partial charge in [0.25, 0.3) is 0 Å². The van der Waals surface area contributed by atoms with Gasteiger partial charge in [0.1, 0.15) is 0 Å². The minimum atomic E-state index is -0.110. The van der Waals surface area contributed by atoms with Crippen LogP contribution in [0.2, 0.25) is 0 Å². The standard InChI is InChI=1S/C12H21NO2/c1-15-12(14)9-5-3-2-4-7-11-8-6-10-13-11/h2,4,11,13H,3,5-10H2,1H3/b4-2-/t11-/m0/s1. The zero-order chi connectivity index (χ0) is 10.9. The van der Waals surface area contributed by atoms with Gasteiger partial charge >= 0.3 is 5.97 Å². The van der Waals surface area contributed by atoms with E-state index in [1.54, 1.807) is 0 Å². The van der Waals surface area contributed by atoms with E-state index in [4.69, 9.17) is 0 Å². The van der Waals surface area contributed by atoms with Crippen molar-refractivity contribution in [3.05, 3.63) is 12.2 Å². The van der Waals surface area contributed by atoms with Crippen LogP contribution in [0.25, 0.3) is 0 Å². The molecule has 1 fully saturated rings.